The number of carbonyl (C=O) groups is 1. The zero-order valence-electron chi connectivity index (χ0n) is 19.6. The van der Waals surface area contributed by atoms with Gasteiger partial charge in [-0.3, -0.25) is 9.78 Å². The van der Waals surface area contributed by atoms with Gasteiger partial charge in [0.2, 0.25) is 11.9 Å². The van der Waals surface area contributed by atoms with Crippen LogP contribution in [0.25, 0.3) is 11.1 Å². The summed E-state index contributed by atoms with van der Waals surface area (Å²) >= 11 is 0. The zero-order chi connectivity index (χ0) is 23.2. The van der Waals surface area contributed by atoms with Crippen molar-refractivity contribution in [1.82, 2.24) is 19.9 Å². The summed E-state index contributed by atoms with van der Waals surface area (Å²) in [7, 11) is 5.55. The van der Waals surface area contributed by atoms with E-state index in [0.29, 0.717) is 18.9 Å². The Balaban J connectivity index is 1.47. The van der Waals surface area contributed by atoms with Crippen molar-refractivity contribution in [2.75, 3.05) is 39.2 Å². The molecule has 0 N–H and O–H groups in total. The van der Waals surface area contributed by atoms with Crippen LogP contribution < -0.4 is 9.64 Å². The Morgan fingerprint density at radius 1 is 1.15 bits per heavy atom. The number of carbonyl (C=O) groups excluding carboxylic acids is 1. The van der Waals surface area contributed by atoms with Gasteiger partial charge in [-0.2, -0.15) is 0 Å². The standard InChI is InChI=1S/C26H31N5O2/c1-30(2)26-28-17-23(19-10-12-22(33-3)13-11-19)25(29-26)20-14-16-31(18-20)24(32)9-6-8-21-7-4-5-15-27-21/h4-5,7,10-13,15,17,20H,6,8-9,14,16,18H2,1-3H3. The van der Waals surface area contributed by atoms with E-state index in [0.717, 1.165) is 54.1 Å². The first-order chi connectivity index (χ1) is 16.0. The van der Waals surface area contributed by atoms with Crippen LogP contribution in [0.15, 0.2) is 54.9 Å². The van der Waals surface area contributed by atoms with Gasteiger partial charge in [0.1, 0.15) is 5.75 Å². The van der Waals surface area contributed by atoms with Crippen LogP contribution >= 0.6 is 0 Å². The summed E-state index contributed by atoms with van der Waals surface area (Å²) in [4.78, 5) is 30.6. The number of aromatic nitrogens is 3. The lowest BCUT2D eigenvalue weighted by Crippen LogP contribution is -2.28. The van der Waals surface area contributed by atoms with Crippen molar-refractivity contribution in [2.45, 2.75) is 31.6 Å². The number of benzene rings is 1. The van der Waals surface area contributed by atoms with Crippen molar-refractivity contribution >= 4 is 11.9 Å². The molecule has 1 aromatic carbocycles. The number of rotatable bonds is 8. The van der Waals surface area contributed by atoms with Crippen LogP contribution in [0.1, 0.15) is 36.6 Å². The molecule has 1 aliphatic heterocycles. The fraction of sp³-hybridized carbons (Fsp3) is 0.385. The fourth-order valence-corrected chi connectivity index (χ4v) is 4.24. The van der Waals surface area contributed by atoms with E-state index in [1.165, 1.54) is 0 Å². The number of pyridine rings is 1. The molecule has 0 saturated carbocycles. The van der Waals surface area contributed by atoms with E-state index in [1.807, 2.05) is 72.6 Å². The van der Waals surface area contributed by atoms with Gasteiger partial charge in [-0.05, 0) is 49.1 Å². The molecule has 1 saturated heterocycles. The summed E-state index contributed by atoms with van der Waals surface area (Å²) in [5, 5.41) is 0. The summed E-state index contributed by atoms with van der Waals surface area (Å²) in [6.45, 7) is 1.45. The number of nitrogens with zero attached hydrogens (tertiary/aromatic N) is 5. The SMILES string of the molecule is COc1ccc(-c2cnc(N(C)C)nc2C2CCN(C(=O)CCCc3ccccn3)C2)cc1. The molecule has 1 amide bonds. The first-order valence-corrected chi connectivity index (χ1v) is 11.4. The Bertz CT molecular complexity index is 1070. The summed E-state index contributed by atoms with van der Waals surface area (Å²) in [5.74, 6) is 1.89. The molecule has 0 spiro atoms. The van der Waals surface area contributed by atoms with Crippen LogP contribution in [0.2, 0.25) is 0 Å². The summed E-state index contributed by atoms with van der Waals surface area (Å²) < 4.78 is 5.30. The quantitative estimate of drug-likeness (QED) is 0.523. The molecule has 3 aromatic rings. The van der Waals surface area contributed by atoms with Gasteiger partial charge in [-0.25, -0.2) is 9.97 Å². The van der Waals surface area contributed by atoms with Gasteiger partial charge in [-0.1, -0.05) is 18.2 Å². The molecule has 1 atom stereocenters. The van der Waals surface area contributed by atoms with Crippen LogP contribution in [0, 0.1) is 0 Å². The fourth-order valence-electron chi connectivity index (χ4n) is 4.24. The first-order valence-electron chi connectivity index (χ1n) is 11.4. The Hall–Kier alpha value is -3.48. The first kappa shape index (κ1) is 22.7. The zero-order valence-corrected chi connectivity index (χ0v) is 19.6. The molecule has 33 heavy (non-hydrogen) atoms. The van der Waals surface area contributed by atoms with E-state index in [-0.39, 0.29) is 11.8 Å². The molecule has 0 aliphatic carbocycles. The monoisotopic (exact) mass is 445 g/mol. The van der Waals surface area contributed by atoms with E-state index in [9.17, 15) is 4.79 Å². The second kappa shape index (κ2) is 10.4. The molecule has 4 rings (SSSR count). The predicted octanol–water partition coefficient (Wildman–Crippen LogP) is 3.95. The van der Waals surface area contributed by atoms with E-state index in [4.69, 9.17) is 9.72 Å². The molecule has 172 valence electrons. The third-order valence-corrected chi connectivity index (χ3v) is 6.08. The highest BCUT2D eigenvalue weighted by Gasteiger charge is 2.30. The maximum Gasteiger partial charge on any atom is 0.225 e. The van der Waals surface area contributed by atoms with Gasteiger partial charge in [-0.15, -0.1) is 0 Å². The normalized spacial score (nSPS) is 15.5. The van der Waals surface area contributed by atoms with Crippen LogP contribution in [0.3, 0.4) is 0 Å². The van der Waals surface area contributed by atoms with Crippen molar-refractivity contribution in [3.63, 3.8) is 0 Å². The number of methoxy groups -OCH3 is 1. The Kier molecular flexibility index (Phi) is 7.17. The van der Waals surface area contributed by atoms with E-state index < -0.39 is 0 Å². The lowest BCUT2D eigenvalue weighted by molar-refractivity contribution is -0.130. The maximum atomic E-state index is 12.9. The molecule has 2 aromatic heterocycles. The Labute approximate surface area is 195 Å². The Morgan fingerprint density at radius 2 is 1.97 bits per heavy atom. The summed E-state index contributed by atoms with van der Waals surface area (Å²) in [6.07, 6.45) is 6.78. The molecule has 1 aliphatic rings. The molecule has 3 heterocycles. The topological polar surface area (TPSA) is 71.5 Å². The number of aryl methyl sites for hydroxylation is 1. The van der Waals surface area contributed by atoms with Crippen molar-refractivity contribution in [1.29, 1.82) is 0 Å². The largest absolute Gasteiger partial charge is 0.497 e. The molecule has 0 bridgehead atoms. The van der Waals surface area contributed by atoms with E-state index in [2.05, 4.69) is 9.97 Å². The molecule has 1 unspecified atom stereocenters. The van der Waals surface area contributed by atoms with Crippen LogP contribution in [0.4, 0.5) is 5.95 Å². The smallest absolute Gasteiger partial charge is 0.225 e. The maximum absolute atomic E-state index is 12.9. The third kappa shape index (κ3) is 5.48. The average Bonchev–Trinajstić information content (AvgIpc) is 3.35. The molecule has 0 radical (unpaired) electrons. The number of hydrogen-bond donors (Lipinski definition) is 0. The van der Waals surface area contributed by atoms with Crippen LogP contribution in [-0.2, 0) is 11.2 Å². The van der Waals surface area contributed by atoms with E-state index in [1.54, 1.807) is 13.3 Å². The lowest BCUT2D eigenvalue weighted by Gasteiger charge is -2.20. The van der Waals surface area contributed by atoms with Gasteiger partial charge in [0.05, 0.1) is 12.8 Å². The molecule has 1 fully saturated rings. The van der Waals surface area contributed by atoms with Gasteiger partial charge in [0.25, 0.3) is 0 Å². The van der Waals surface area contributed by atoms with Crippen molar-refractivity contribution in [2.24, 2.45) is 0 Å². The highest BCUT2D eigenvalue weighted by Crippen LogP contribution is 2.35. The van der Waals surface area contributed by atoms with Gasteiger partial charge < -0.3 is 14.5 Å². The van der Waals surface area contributed by atoms with Gasteiger partial charge in [0, 0.05) is 63.2 Å². The number of amides is 1. The Morgan fingerprint density at radius 3 is 2.67 bits per heavy atom. The van der Waals surface area contributed by atoms with Crippen molar-refractivity contribution in [3.8, 4) is 16.9 Å². The van der Waals surface area contributed by atoms with Crippen molar-refractivity contribution in [3.05, 3.63) is 66.2 Å². The summed E-state index contributed by atoms with van der Waals surface area (Å²) in [6, 6.07) is 13.9. The van der Waals surface area contributed by atoms with Gasteiger partial charge in [0.15, 0.2) is 0 Å². The number of hydrogen-bond acceptors (Lipinski definition) is 6. The molecule has 7 heteroatoms. The molecule has 7 nitrogen and oxygen atoms in total. The number of likely N-dealkylation sites (tertiary alicyclic amines) is 1. The van der Waals surface area contributed by atoms with Crippen LogP contribution in [-0.4, -0.2) is 60.1 Å². The van der Waals surface area contributed by atoms with E-state index >= 15 is 0 Å². The van der Waals surface area contributed by atoms with Gasteiger partial charge >= 0.3 is 0 Å². The molecular formula is C26H31N5O2. The highest BCUT2D eigenvalue weighted by atomic mass is 16.5. The summed E-state index contributed by atoms with van der Waals surface area (Å²) in [5.41, 5.74) is 4.10. The second-order valence-corrected chi connectivity index (χ2v) is 8.59. The second-order valence-electron chi connectivity index (χ2n) is 8.59. The van der Waals surface area contributed by atoms with Crippen LogP contribution in [0.5, 0.6) is 5.75 Å². The minimum absolute atomic E-state index is 0.184. The third-order valence-electron chi connectivity index (χ3n) is 6.08. The minimum Gasteiger partial charge on any atom is -0.497 e. The number of ether oxygens (including phenoxy) is 1. The predicted molar refractivity (Wildman–Crippen MR) is 129 cm³/mol. The highest BCUT2D eigenvalue weighted by molar-refractivity contribution is 5.77. The molecular weight excluding hydrogens is 414 g/mol. The average molecular weight is 446 g/mol. The number of anilines is 1. The minimum atomic E-state index is 0.184. The van der Waals surface area contributed by atoms with Crippen molar-refractivity contribution < 1.29 is 9.53 Å². The lowest BCUT2D eigenvalue weighted by atomic mass is 9.96.